The molecule has 6 heteroatoms. The number of hydrogen-bond acceptors (Lipinski definition) is 3. The molecule has 0 bridgehead atoms. The molecule has 4 nitrogen and oxygen atoms in total. The fourth-order valence-electron chi connectivity index (χ4n) is 2.09. The smallest absolute Gasteiger partial charge is 0.251 e. The molecule has 0 spiro atoms. The summed E-state index contributed by atoms with van der Waals surface area (Å²) in [6, 6.07) is 11.0. The van der Waals surface area contributed by atoms with Gasteiger partial charge in [0.15, 0.2) is 5.58 Å². The average molecular weight is 331 g/mol. The molecule has 116 valence electrons. The Morgan fingerprint density at radius 3 is 2.70 bits per heavy atom. The molecular formula is C17H12ClFN2O2. The third-order valence-electron chi connectivity index (χ3n) is 3.25. The number of nitrogens with zero attached hydrogens (tertiary/aromatic N) is 1. The Morgan fingerprint density at radius 2 is 2.00 bits per heavy atom. The zero-order valence-corrected chi connectivity index (χ0v) is 12.9. The molecule has 1 heterocycles. The number of aromatic nitrogens is 1. The molecule has 23 heavy (non-hydrogen) atoms. The Labute approximate surface area is 136 Å². The van der Waals surface area contributed by atoms with Crippen LogP contribution in [0.15, 0.2) is 46.9 Å². The summed E-state index contributed by atoms with van der Waals surface area (Å²) in [7, 11) is 1.57. The number of rotatable bonds is 3. The van der Waals surface area contributed by atoms with Crippen molar-refractivity contribution in [2.24, 2.45) is 0 Å². The molecule has 0 aliphatic carbocycles. The Hall–Kier alpha value is -2.66. The molecule has 1 amide bonds. The Balaban J connectivity index is 1.89. The van der Waals surface area contributed by atoms with Gasteiger partial charge in [0.05, 0.1) is 0 Å². The van der Waals surface area contributed by atoms with E-state index in [2.05, 4.69) is 10.3 Å². The summed E-state index contributed by atoms with van der Waals surface area (Å²) in [5.74, 6) is -0.336. The molecule has 0 saturated heterocycles. The molecule has 0 unspecified atom stereocenters. The predicted molar refractivity (Wildman–Crippen MR) is 87.5 cm³/mol. The lowest BCUT2D eigenvalue weighted by molar-refractivity contribution is 0.0963. The summed E-state index contributed by atoms with van der Waals surface area (Å²) in [4.78, 5) is 15.6. The van der Waals surface area contributed by atoms with E-state index in [4.69, 9.17) is 16.0 Å². The van der Waals surface area contributed by atoms with Crippen molar-refractivity contribution in [3.05, 3.63) is 65.3 Å². The number of carbonyl (C=O) groups excluding carboxylic acids is 1. The minimum Gasteiger partial charge on any atom is -0.435 e. The molecule has 0 aliphatic heterocycles. The number of oxazole rings is 1. The highest BCUT2D eigenvalue weighted by molar-refractivity contribution is 6.50. The molecule has 0 radical (unpaired) electrons. The van der Waals surface area contributed by atoms with Crippen molar-refractivity contribution < 1.29 is 13.6 Å². The maximum atomic E-state index is 13.2. The van der Waals surface area contributed by atoms with Crippen molar-refractivity contribution in [1.82, 2.24) is 10.3 Å². The van der Waals surface area contributed by atoms with E-state index in [1.165, 1.54) is 18.2 Å². The van der Waals surface area contributed by atoms with Crippen LogP contribution in [0.1, 0.15) is 21.8 Å². The van der Waals surface area contributed by atoms with E-state index in [1.54, 1.807) is 37.4 Å². The first kappa shape index (κ1) is 15.2. The topological polar surface area (TPSA) is 55.1 Å². The molecule has 2 aromatic carbocycles. The molecule has 1 aromatic heterocycles. The van der Waals surface area contributed by atoms with E-state index < -0.39 is 0 Å². The molecule has 0 fully saturated rings. The van der Waals surface area contributed by atoms with Gasteiger partial charge in [0.2, 0.25) is 5.89 Å². The van der Waals surface area contributed by atoms with E-state index in [0.717, 1.165) is 5.56 Å². The minimum atomic E-state index is -0.387. The third-order valence-corrected chi connectivity index (χ3v) is 3.52. The number of benzene rings is 2. The normalized spacial score (nSPS) is 11.7. The van der Waals surface area contributed by atoms with Crippen molar-refractivity contribution in [2.45, 2.75) is 0 Å². The van der Waals surface area contributed by atoms with Crippen LogP contribution < -0.4 is 5.32 Å². The second-order valence-corrected chi connectivity index (χ2v) is 5.23. The lowest BCUT2D eigenvalue weighted by Gasteiger charge is -2.00. The quantitative estimate of drug-likeness (QED) is 0.787. The highest BCUT2D eigenvalue weighted by Crippen LogP contribution is 2.26. The van der Waals surface area contributed by atoms with Crippen LogP contribution in [0.2, 0.25) is 0 Å². The van der Waals surface area contributed by atoms with Crippen molar-refractivity contribution in [2.75, 3.05) is 7.05 Å². The van der Waals surface area contributed by atoms with E-state index >= 15 is 0 Å². The monoisotopic (exact) mass is 330 g/mol. The molecule has 0 aliphatic rings. The SMILES string of the molecule is CNC(=O)c1ccc(/C=C(\Cl)c2nc3cc(F)ccc3o2)cc1. The maximum absolute atomic E-state index is 13.2. The van der Waals surface area contributed by atoms with E-state index in [-0.39, 0.29) is 22.6 Å². The summed E-state index contributed by atoms with van der Waals surface area (Å²) in [6.45, 7) is 0. The van der Waals surface area contributed by atoms with Gasteiger partial charge < -0.3 is 9.73 Å². The van der Waals surface area contributed by atoms with Crippen LogP contribution in [0.25, 0.3) is 22.2 Å². The summed E-state index contributed by atoms with van der Waals surface area (Å²) >= 11 is 6.21. The zero-order valence-electron chi connectivity index (χ0n) is 12.1. The Morgan fingerprint density at radius 1 is 1.26 bits per heavy atom. The largest absolute Gasteiger partial charge is 0.435 e. The van der Waals surface area contributed by atoms with Crippen molar-refractivity contribution >= 4 is 39.7 Å². The Kier molecular flexibility index (Phi) is 4.12. The Bertz CT molecular complexity index is 901. The molecule has 1 N–H and O–H groups in total. The number of carbonyl (C=O) groups is 1. The van der Waals surface area contributed by atoms with Gasteiger partial charge in [-0.3, -0.25) is 4.79 Å². The van der Waals surface area contributed by atoms with Gasteiger partial charge in [-0.05, 0) is 35.9 Å². The van der Waals surface area contributed by atoms with Gasteiger partial charge in [-0.2, -0.15) is 0 Å². The number of amides is 1. The van der Waals surface area contributed by atoms with Gasteiger partial charge >= 0.3 is 0 Å². The summed E-state index contributed by atoms with van der Waals surface area (Å²) in [6.07, 6.45) is 1.66. The van der Waals surface area contributed by atoms with E-state index in [9.17, 15) is 9.18 Å². The first-order chi connectivity index (χ1) is 11.1. The first-order valence-corrected chi connectivity index (χ1v) is 7.20. The molecule has 0 atom stereocenters. The zero-order chi connectivity index (χ0) is 16.4. The number of halogens is 2. The molecule has 0 saturated carbocycles. The summed E-state index contributed by atoms with van der Waals surface area (Å²) < 4.78 is 18.7. The van der Waals surface area contributed by atoms with Gasteiger partial charge in [-0.15, -0.1) is 0 Å². The van der Waals surface area contributed by atoms with Crippen LogP contribution in [0.4, 0.5) is 4.39 Å². The number of fused-ring (bicyclic) bond motifs is 1. The lowest BCUT2D eigenvalue weighted by Crippen LogP contribution is -2.17. The fourth-order valence-corrected chi connectivity index (χ4v) is 2.29. The van der Waals surface area contributed by atoms with Crippen molar-refractivity contribution in [1.29, 1.82) is 0 Å². The predicted octanol–water partition coefficient (Wildman–Crippen LogP) is 4.06. The van der Waals surface area contributed by atoms with Crippen LogP contribution >= 0.6 is 11.6 Å². The van der Waals surface area contributed by atoms with Gasteiger partial charge in [-0.25, -0.2) is 9.37 Å². The standard InChI is InChI=1S/C17H12ClFN2O2/c1-20-16(22)11-4-2-10(3-5-11)8-13(18)17-21-14-9-12(19)6-7-15(14)23-17/h2-9H,1H3,(H,20,22)/b13-8-. The highest BCUT2D eigenvalue weighted by Gasteiger charge is 2.10. The van der Waals surface area contributed by atoms with Crippen LogP contribution in [-0.2, 0) is 0 Å². The van der Waals surface area contributed by atoms with Crippen LogP contribution in [0, 0.1) is 5.82 Å². The van der Waals surface area contributed by atoms with Crippen LogP contribution in [0.5, 0.6) is 0 Å². The van der Waals surface area contributed by atoms with Crippen LogP contribution in [0.3, 0.4) is 0 Å². The van der Waals surface area contributed by atoms with Crippen molar-refractivity contribution in [3.8, 4) is 0 Å². The molecular weight excluding hydrogens is 319 g/mol. The second-order valence-electron chi connectivity index (χ2n) is 4.82. The van der Waals surface area contributed by atoms with Gasteiger partial charge in [0, 0.05) is 18.7 Å². The number of hydrogen-bond donors (Lipinski definition) is 1. The van der Waals surface area contributed by atoms with E-state index in [1.807, 2.05) is 0 Å². The van der Waals surface area contributed by atoms with Gasteiger partial charge in [0.1, 0.15) is 16.4 Å². The fraction of sp³-hybridized carbons (Fsp3) is 0.0588. The average Bonchev–Trinajstić information content (AvgIpc) is 2.98. The maximum Gasteiger partial charge on any atom is 0.251 e. The summed E-state index contributed by atoms with van der Waals surface area (Å²) in [5.41, 5.74) is 2.21. The highest BCUT2D eigenvalue weighted by atomic mass is 35.5. The molecule has 3 aromatic rings. The third kappa shape index (κ3) is 3.24. The minimum absolute atomic E-state index is 0.160. The van der Waals surface area contributed by atoms with Gasteiger partial charge in [0.25, 0.3) is 5.91 Å². The van der Waals surface area contributed by atoms with Crippen molar-refractivity contribution in [3.63, 3.8) is 0 Å². The number of nitrogens with one attached hydrogen (secondary N) is 1. The van der Waals surface area contributed by atoms with Gasteiger partial charge in [-0.1, -0.05) is 23.7 Å². The van der Waals surface area contributed by atoms with Crippen LogP contribution in [-0.4, -0.2) is 17.9 Å². The van der Waals surface area contributed by atoms with E-state index in [0.29, 0.717) is 16.7 Å². The second kappa shape index (κ2) is 6.22. The molecule has 3 rings (SSSR count). The lowest BCUT2D eigenvalue weighted by atomic mass is 10.1. The summed E-state index contributed by atoms with van der Waals surface area (Å²) in [5, 5.41) is 2.84. The first-order valence-electron chi connectivity index (χ1n) is 6.82.